The molecule has 0 spiro atoms. The summed E-state index contributed by atoms with van der Waals surface area (Å²) >= 11 is 6.95. The smallest absolute Gasteiger partial charge is 0.322 e. The van der Waals surface area contributed by atoms with Crippen LogP contribution in [0.3, 0.4) is 0 Å². The number of alkyl halides is 1. The van der Waals surface area contributed by atoms with Gasteiger partial charge in [-0.25, -0.2) is 9.37 Å². The number of pyridine rings is 2. The largest absolute Gasteiger partial charge is 0.333 e. The van der Waals surface area contributed by atoms with Gasteiger partial charge in [-0.15, -0.1) is 0 Å². The van der Waals surface area contributed by atoms with Crippen molar-refractivity contribution in [3.8, 4) is 28.1 Å². The van der Waals surface area contributed by atoms with Gasteiger partial charge in [0.2, 0.25) is 5.91 Å². The summed E-state index contributed by atoms with van der Waals surface area (Å²) in [6, 6.07) is 20.3. The number of nitrogens with zero attached hydrogens (tertiary/aromatic N) is 5. The number of halogens is 2. The molecule has 1 saturated heterocycles. The first-order valence-electron chi connectivity index (χ1n) is 15.0. The number of carbonyl (C=O) groups is 1. The van der Waals surface area contributed by atoms with Crippen LogP contribution in [0.2, 0.25) is 5.02 Å². The first-order chi connectivity index (χ1) is 22.3. The van der Waals surface area contributed by atoms with Gasteiger partial charge in [-0.05, 0) is 47.7 Å². The van der Waals surface area contributed by atoms with Gasteiger partial charge >= 0.3 is 11.1 Å². The highest BCUT2D eigenvalue weighted by Gasteiger charge is 2.56. The van der Waals surface area contributed by atoms with Gasteiger partial charge in [-0.1, -0.05) is 86.6 Å². The summed E-state index contributed by atoms with van der Waals surface area (Å²) < 4.78 is 18.4. The molecule has 6 rings (SSSR count). The number of rotatable bonds is 7. The van der Waals surface area contributed by atoms with E-state index in [-0.39, 0.29) is 22.1 Å². The van der Waals surface area contributed by atoms with Crippen LogP contribution in [0.25, 0.3) is 39.2 Å². The van der Waals surface area contributed by atoms with E-state index >= 15 is 4.39 Å². The number of aromatic nitrogens is 4. The van der Waals surface area contributed by atoms with Crippen molar-refractivity contribution >= 4 is 44.4 Å². The van der Waals surface area contributed by atoms with Gasteiger partial charge in [-0.2, -0.15) is 0 Å². The molecule has 0 aliphatic carbocycles. The molecule has 3 aromatic heterocycles. The van der Waals surface area contributed by atoms with Crippen molar-refractivity contribution in [1.82, 2.24) is 24.0 Å². The van der Waals surface area contributed by atoms with E-state index in [4.69, 9.17) is 32.3 Å². The minimum atomic E-state index is -2.59. The summed E-state index contributed by atoms with van der Waals surface area (Å²) in [6.45, 7) is 8.00. The fraction of sp³-hybridized carbons (Fsp3) is 0.229. The Morgan fingerprint density at radius 3 is 2.32 bits per heavy atom. The van der Waals surface area contributed by atoms with Crippen molar-refractivity contribution in [1.29, 1.82) is 0 Å². The van der Waals surface area contributed by atoms with Crippen LogP contribution in [0.1, 0.15) is 31.0 Å². The molecule has 0 saturated carbocycles. The highest BCUT2D eigenvalue weighted by molar-refractivity contribution is 6.39. The van der Waals surface area contributed by atoms with Crippen LogP contribution < -0.4 is 11.1 Å². The zero-order chi connectivity index (χ0) is 33.8. The maximum atomic E-state index is 16.5. The average molecular weight is 644 g/mol. The lowest BCUT2D eigenvalue weighted by Crippen LogP contribution is -2.74. The van der Waals surface area contributed by atoms with Gasteiger partial charge in [0.25, 0.3) is 0 Å². The Morgan fingerprint density at radius 1 is 1.04 bits per heavy atom. The highest BCUT2D eigenvalue weighted by atomic mass is 35.5. The van der Waals surface area contributed by atoms with E-state index in [1.807, 2.05) is 68.4 Å². The standard InChI is InChI=1S/C35H29B2ClFN5O3/c1-5-27(45)42-18-34(39,19-42)35(36,37)44-26-17-25(38)29(24-14-10-9-13-23(24)22-11-7-6-8-12-22)41-31(26)43(32(46)33(44)47)30-21(4)15-16-40-28(30)20(2)3/h5-17,20H,1,18-19H2,2-4H3. The molecule has 0 unspecified atom stereocenters. The number of likely N-dealkylation sites (tertiary alicyclic amines) is 1. The van der Waals surface area contributed by atoms with Crippen molar-refractivity contribution < 1.29 is 9.18 Å². The van der Waals surface area contributed by atoms with Crippen molar-refractivity contribution in [2.45, 2.75) is 37.7 Å². The lowest BCUT2D eigenvalue weighted by molar-refractivity contribution is -0.143. The Balaban J connectivity index is 1.71. The third kappa shape index (κ3) is 5.13. The normalized spacial score (nSPS) is 14.3. The molecule has 0 N–H and O–H groups in total. The molecular formula is C35H29B2ClFN5O3. The van der Waals surface area contributed by atoms with Crippen molar-refractivity contribution in [3.63, 3.8) is 0 Å². The SMILES string of the molecule is [B]C([B])(n1c(=O)c(=O)n(-c2c(C)ccnc2C(C)C)c2nc(-c3ccccc3-c3ccccc3)c(Cl)cc21)C1(F)CN(C(=O)C=C)C1. The molecule has 0 atom stereocenters. The van der Waals surface area contributed by atoms with Crippen molar-refractivity contribution in [2.75, 3.05) is 13.1 Å². The number of hydrogen-bond donors (Lipinski definition) is 0. The lowest BCUT2D eigenvalue weighted by Gasteiger charge is -2.54. The Morgan fingerprint density at radius 2 is 1.68 bits per heavy atom. The van der Waals surface area contributed by atoms with E-state index in [1.165, 1.54) is 10.6 Å². The molecule has 4 radical (unpaired) electrons. The summed E-state index contributed by atoms with van der Waals surface area (Å²) in [5, 5.41) is -2.48. The van der Waals surface area contributed by atoms with Crippen LogP contribution in [-0.2, 0) is 10.1 Å². The molecule has 1 aliphatic heterocycles. The van der Waals surface area contributed by atoms with E-state index in [1.54, 1.807) is 19.2 Å². The summed E-state index contributed by atoms with van der Waals surface area (Å²) in [5.41, 5.74) is -0.605. The van der Waals surface area contributed by atoms with Gasteiger partial charge < -0.3 is 9.47 Å². The Kier molecular flexibility index (Phi) is 8.08. The average Bonchev–Trinajstić information content (AvgIpc) is 3.04. The van der Waals surface area contributed by atoms with E-state index in [0.717, 1.165) is 22.1 Å². The minimum absolute atomic E-state index is 0.0305. The second-order valence-electron chi connectivity index (χ2n) is 12.1. The zero-order valence-corrected chi connectivity index (χ0v) is 26.8. The summed E-state index contributed by atoms with van der Waals surface area (Å²) in [6.07, 6.45) is 2.66. The molecule has 2 aromatic carbocycles. The Bertz CT molecular complexity index is 2190. The molecule has 47 heavy (non-hydrogen) atoms. The van der Waals surface area contributed by atoms with E-state index in [0.29, 0.717) is 32.8 Å². The number of fused-ring (bicyclic) bond motifs is 1. The molecule has 1 fully saturated rings. The first-order valence-corrected chi connectivity index (χ1v) is 15.4. The summed E-state index contributed by atoms with van der Waals surface area (Å²) in [5.74, 6) is -0.679. The molecule has 12 heteroatoms. The molecule has 1 aliphatic rings. The third-order valence-corrected chi connectivity index (χ3v) is 8.92. The summed E-state index contributed by atoms with van der Waals surface area (Å²) in [4.78, 5) is 51.1. The quantitative estimate of drug-likeness (QED) is 0.141. The molecule has 8 nitrogen and oxygen atoms in total. The molecule has 4 heterocycles. The van der Waals surface area contributed by atoms with Crippen molar-refractivity contribution in [2.24, 2.45) is 0 Å². The Labute approximate surface area is 278 Å². The van der Waals surface area contributed by atoms with Gasteiger partial charge in [0.15, 0.2) is 11.3 Å². The lowest BCUT2D eigenvalue weighted by atomic mass is 9.51. The number of carbonyl (C=O) groups excluding carboxylic acids is 1. The number of amides is 1. The summed E-state index contributed by atoms with van der Waals surface area (Å²) in [7, 11) is 13.0. The fourth-order valence-corrected chi connectivity index (χ4v) is 6.35. The third-order valence-electron chi connectivity index (χ3n) is 8.63. The maximum Gasteiger partial charge on any atom is 0.322 e. The second kappa shape index (κ2) is 11.8. The predicted octanol–water partition coefficient (Wildman–Crippen LogP) is 5.05. The monoisotopic (exact) mass is 643 g/mol. The van der Waals surface area contributed by atoms with Crippen LogP contribution in [-0.4, -0.2) is 64.4 Å². The van der Waals surface area contributed by atoms with Gasteiger partial charge in [0, 0.05) is 17.1 Å². The number of aryl methyl sites for hydroxylation is 1. The van der Waals surface area contributed by atoms with Crippen LogP contribution in [0.4, 0.5) is 4.39 Å². The van der Waals surface area contributed by atoms with Gasteiger partial charge in [0.1, 0.15) is 0 Å². The van der Waals surface area contributed by atoms with E-state index in [9.17, 15) is 14.4 Å². The van der Waals surface area contributed by atoms with Crippen LogP contribution >= 0.6 is 11.6 Å². The van der Waals surface area contributed by atoms with Crippen molar-refractivity contribution in [3.05, 3.63) is 123 Å². The molecule has 1 amide bonds. The number of benzene rings is 2. The zero-order valence-electron chi connectivity index (χ0n) is 26.1. The minimum Gasteiger partial charge on any atom is -0.333 e. The van der Waals surface area contributed by atoms with Crippen LogP contribution in [0.15, 0.2) is 95.2 Å². The van der Waals surface area contributed by atoms with Crippen LogP contribution in [0, 0.1) is 6.92 Å². The highest BCUT2D eigenvalue weighted by Crippen LogP contribution is 2.40. The fourth-order valence-electron chi connectivity index (χ4n) is 6.10. The topological polar surface area (TPSA) is 90.1 Å². The Hall–Kier alpha value is -4.76. The van der Waals surface area contributed by atoms with Crippen LogP contribution in [0.5, 0.6) is 0 Å². The first kappa shape index (κ1) is 32.2. The molecular weight excluding hydrogens is 614 g/mol. The predicted molar refractivity (Wildman–Crippen MR) is 184 cm³/mol. The van der Waals surface area contributed by atoms with Gasteiger partial charge in [-0.3, -0.25) is 23.9 Å². The second-order valence-corrected chi connectivity index (χ2v) is 12.5. The molecule has 232 valence electrons. The van der Waals surface area contributed by atoms with Gasteiger partial charge in [0.05, 0.1) is 56.4 Å². The number of hydrogen-bond acceptors (Lipinski definition) is 5. The van der Waals surface area contributed by atoms with E-state index < -0.39 is 41.1 Å². The van der Waals surface area contributed by atoms with E-state index in [2.05, 4.69) is 11.6 Å². The maximum absolute atomic E-state index is 16.5. The molecule has 5 aromatic rings. The molecule has 0 bridgehead atoms.